The van der Waals surface area contributed by atoms with Crippen LogP contribution in [0.15, 0.2) is 30.0 Å². The molecule has 7 heteroatoms. The monoisotopic (exact) mass is 316 g/mol. The number of ketones is 1. The Hall–Kier alpha value is -1.89. The van der Waals surface area contributed by atoms with Gasteiger partial charge in [-0.25, -0.2) is 9.82 Å². The summed E-state index contributed by atoms with van der Waals surface area (Å²) in [6, 6.07) is 3.85. The maximum Gasteiger partial charge on any atom is 0.414 e. The third-order valence-corrected chi connectivity index (χ3v) is 3.59. The number of benzene rings is 1. The molecule has 0 unspecified atom stereocenters. The van der Waals surface area contributed by atoms with Crippen molar-refractivity contribution in [2.75, 3.05) is 11.6 Å². The van der Waals surface area contributed by atoms with E-state index in [0.717, 1.165) is 17.3 Å². The van der Waals surface area contributed by atoms with Gasteiger partial charge in [0, 0.05) is 18.2 Å². The van der Waals surface area contributed by atoms with Gasteiger partial charge in [0.1, 0.15) is 5.82 Å². The summed E-state index contributed by atoms with van der Waals surface area (Å²) < 4.78 is 53.4. The van der Waals surface area contributed by atoms with E-state index in [4.69, 9.17) is 0 Å². The summed E-state index contributed by atoms with van der Waals surface area (Å²) in [6.45, 7) is 4.11. The summed E-state index contributed by atoms with van der Waals surface area (Å²) in [5.41, 5.74) is 0.740. The second kappa shape index (κ2) is 5.39. The second-order valence-corrected chi connectivity index (χ2v) is 5.82. The molecule has 1 aliphatic rings. The number of rotatable bonds is 2. The topological polar surface area (TPSA) is 32.3 Å². The average Bonchev–Trinajstić information content (AvgIpc) is 2.36. The van der Waals surface area contributed by atoms with Gasteiger partial charge in [-0.05, 0) is 19.1 Å². The minimum atomic E-state index is -4.51. The molecule has 1 aromatic carbocycles. The average molecular weight is 316 g/mol. The van der Waals surface area contributed by atoms with Crippen molar-refractivity contribution in [3.8, 4) is 0 Å². The number of alkyl halides is 3. The molecule has 0 bridgehead atoms. The van der Waals surface area contributed by atoms with Crippen LogP contribution in [0.3, 0.4) is 0 Å². The first-order valence-electron chi connectivity index (χ1n) is 6.66. The summed E-state index contributed by atoms with van der Waals surface area (Å²) >= 11 is 0. The number of anilines is 1. The van der Waals surface area contributed by atoms with Crippen LogP contribution in [0, 0.1) is 11.2 Å². The van der Waals surface area contributed by atoms with Gasteiger partial charge >= 0.3 is 6.18 Å². The Balaban J connectivity index is 2.56. The first-order chi connectivity index (χ1) is 10.0. The number of hydrogen-bond acceptors (Lipinski definition) is 3. The first kappa shape index (κ1) is 16.5. The Morgan fingerprint density at radius 2 is 1.95 bits per heavy atom. The normalized spacial score (nSPS) is 18.1. The lowest BCUT2D eigenvalue weighted by molar-refractivity contribution is -0.106. The molecule has 0 spiro atoms. The number of hydrogen-bond donors (Lipinski definition) is 1. The SMILES string of the molecule is CC(=O)c1c(F)cccc1N1C=C(C(F)(F)F)C(C)(C)CN1. The second-order valence-electron chi connectivity index (χ2n) is 5.82. The summed E-state index contributed by atoms with van der Waals surface area (Å²) in [6.07, 6.45) is -3.63. The number of nitrogens with one attached hydrogen (secondary N) is 1. The lowest BCUT2D eigenvalue weighted by Gasteiger charge is -2.39. The van der Waals surface area contributed by atoms with Crippen molar-refractivity contribution in [3.05, 3.63) is 41.4 Å². The Morgan fingerprint density at radius 1 is 1.32 bits per heavy atom. The molecule has 2 rings (SSSR count). The zero-order valence-corrected chi connectivity index (χ0v) is 12.4. The molecule has 0 fully saturated rings. The van der Waals surface area contributed by atoms with Crippen molar-refractivity contribution < 1.29 is 22.4 Å². The molecule has 0 amide bonds. The third-order valence-electron chi connectivity index (χ3n) is 3.59. The summed E-state index contributed by atoms with van der Waals surface area (Å²) in [4.78, 5) is 11.6. The van der Waals surface area contributed by atoms with Crippen LogP contribution in [0.5, 0.6) is 0 Å². The van der Waals surface area contributed by atoms with Gasteiger partial charge in [0.2, 0.25) is 0 Å². The highest BCUT2D eigenvalue weighted by Gasteiger charge is 2.45. The van der Waals surface area contributed by atoms with Gasteiger partial charge in [-0.2, -0.15) is 13.2 Å². The van der Waals surface area contributed by atoms with Gasteiger partial charge < -0.3 is 0 Å². The molecule has 0 aromatic heterocycles. The van der Waals surface area contributed by atoms with E-state index >= 15 is 0 Å². The highest BCUT2D eigenvalue weighted by Crippen LogP contribution is 2.41. The lowest BCUT2D eigenvalue weighted by atomic mass is 9.83. The van der Waals surface area contributed by atoms with Gasteiger partial charge in [-0.15, -0.1) is 0 Å². The molecular weight excluding hydrogens is 300 g/mol. The van der Waals surface area contributed by atoms with E-state index in [9.17, 15) is 22.4 Å². The van der Waals surface area contributed by atoms with E-state index in [-0.39, 0.29) is 17.8 Å². The minimum absolute atomic E-state index is 0.00615. The third kappa shape index (κ3) is 2.99. The van der Waals surface area contributed by atoms with Crippen LogP contribution in [0.1, 0.15) is 31.1 Å². The number of halogens is 4. The molecule has 1 N–H and O–H groups in total. The fraction of sp³-hybridized carbons (Fsp3) is 0.400. The van der Waals surface area contributed by atoms with Crippen molar-refractivity contribution >= 4 is 11.5 Å². The zero-order valence-electron chi connectivity index (χ0n) is 12.4. The van der Waals surface area contributed by atoms with Crippen LogP contribution in [0.2, 0.25) is 0 Å². The van der Waals surface area contributed by atoms with Crippen LogP contribution in [0.4, 0.5) is 23.2 Å². The van der Waals surface area contributed by atoms with Crippen molar-refractivity contribution in [2.24, 2.45) is 5.41 Å². The largest absolute Gasteiger partial charge is 0.414 e. The molecule has 1 heterocycles. The molecule has 1 aliphatic heterocycles. The predicted octanol–water partition coefficient (Wildman–Crippen LogP) is 3.83. The van der Waals surface area contributed by atoms with Gasteiger partial charge in [0.05, 0.1) is 16.8 Å². The molecule has 0 radical (unpaired) electrons. The number of carbonyl (C=O) groups excluding carboxylic acids is 1. The van der Waals surface area contributed by atoms with E-state index in [0.29, 0.717) is 0 Å². The fourth-order valence-corrected chi connectivity index (χ4v) is 2.40. The maximum atomic E-state index is 13.8. The zero-order chi connectivity index (χ0) is 16.7. The smallest absolute Gasteiger partial charge is 0.294 e. The van der Waals surface area contributed by atoms with E-state index in [2.05, 4.69) is 5.43 Å². The number of carbonyl (C=O) groups is 1. The van der Waals surface area contributed by atoms with Gasteiger partial charge in [-0.3, -0.25) is 9.80 Å². The summed E-state index contributed by atoms with van der Waals surface area (Å²) in [7, 11) is 0. The van der Waals surface area contributed by atoms with E-state index in [1.165, 1.54) is 32.9 Å². The standard InChI is InChI=1S/C15H16F4N2O/c1-9(22)13-10(16)5-4-6-11(13)21-7-12(15(17,18)19)14(2,3)8-20-21/h4-7,20H,8H2,1-3H3. The van der Waals surface area contributed by atoms with Crippen LogP contribution in [0.25, 0.3) is 0 Å². The minimum Gasteiger partial charge on any atom is -0.294 e. The fourth-order valence-electron chi connectivity index (χ4n) is 2.40. The molecular formula is C15H16F4N2O. The Kier molecular flexibility index (Phi) is 4.04. The molecule has 0 saturated heterocycles. The van der Waals surface area contributed by atoms with Crippen LogP contribution >= 0.6 is 0 Å². The molecule has 0 aliphatic carbocycles. The van der Waals surface area contributed by atoms with E-state index < -0.39 is 28.8 Å². The van der Waals surface area contributed by atoms with Crippen LogP contribution in [-0.2, 0) is 0 Å². The maximum absolute atomic E-state index is 13.8. The van der Waals surface area contributed by atoms with Crippen molar-refractivity contribution in [1.82, 2.24) is 5.43 Å². The predicted molar refractivity (Wildman–Crippen MR) is 74.8 cm³/mol. The Labute approximate surface area is 125 Å². The van der Waals surface area contributed by atoms with Gasteiger partial charge in [0.15, 0.2) is 5.78 Å². The Bertz CT molecular complexity index is 635. The van der Waals surface area contributed by atoms with E-state index in [1.807, 2.05) is 0 Å². The molecule has 0 saturated carbocycles. The lowest BCUT2D eigenvalue weighted by Crippen LogP contribution is -2.49. The summed E-state index contributed by atoms with van der Waals surface area (Å²) in [5, 5.41) is 1.06. The molecule has 1 aromatic rings. The van der Waals surface area contributed by atoms with E-state index in [1.54, 1.807) is 0 Å². The van der Waals surface area contributed by atoms with Gasteiger partial charge in [0.25, 0.3) is 0 Å². The van der Waals surface area contributed by atoms with Crippen molar-refractivity contribution in [3.63, 3.8) is 0 Å². The first-order valence-corrected chi connectivity index (χ1v) is 6.66. The molecule has 120 valence electrons. The van der Waals surface area contributed by atoms with Gasteiger partial charge in [-0.1, -0.05) is 19.9 Å². The molecule has 0 atom stereocenters. The molecule has 3 nitrogen and oxygen atoms in total. The highest BCUT2D eigenvalue weighted by atomic mass is 19.4. The van der Waals surface area contributed by atoms with Crippen LogP contribution < -0.4 is 10.4 Å². The Morgan fingerprint density at radius 3 is 2.50 bits per heavy atom. The number of Topliss-reactive ketones (excluding diaryl/α,β-unsaturated/α-hetero) is 1. The quantitative estimate of drug-likeness (QED) is 0.665. The van der Waals surface area contributed by atoms with Crippen molar-refractivity contribution in [2.45, 2.75) is 26.9 Å². The van der Waals surface area contributed by atoms with Crippen molar-refractivity contribution in [1.29, 1.82) is 0 Å². The van der Waals surface area contributed by atoms with Crippen LogP contribution in [-0.4, -0.2) is 18.5 Å². The molecule has 22 heavy (non-hydrogen) atoms. The number of nitrogens with zero attached hydrogens (tertiary/aromatic N) is 1. The highest BCUT2D eigenvalue weighted by molar-refractivity contribution is 6.00. The summed E-state index contributed by atoms with van der Waals surface area (Å²) in [5.74, 6) is -1.32. The number of hydrazine groups is 1.